The molecule has 0 atom stereocenters. The number of piperazine rings is 1. The van der Waals surface area contributed by atoms with Crippen molar-refractivity contribution in [3.8, 4) is 0 Å². The van der Waals surface area contributed by atoms with Crippen LogP contribution < -0.4 is 0 Å². The van der Waals surface area contributed by atoms with E-state index in [1.165, 1.54) is 16.8 Å². The van der Waals surface area contributed by atoms with E-state index in [1.807, 2.05) is 23.1 Å². The van der Waals surface area contributed by atoms with Crippen molar-refractivity contribution in [2.24, 2.45) is 0 Å². The van der Waals surface area contributed by atoms with Gasteiger partial charge in [0.25, 0.3) is 0 Å². The summed E-state index contributed by atoms with van der Waals surface area (Å²) >= 11 is 1.73. The van der Waals surface area contributed by atoms with E-state index >= 15 is 0 Å². The molecule has 27 heavy (non-hydrogen) atoms. The first-order valence-corrected chi connectivity index (χ1v) is 9.78. The molecule has 1 fully saturated rings. The van der Waals surface area contributed by atoms with Gasteiger partial charge in [0.1, 0.15) is 10.8 Å². The maximum atomic E-state index is 12.9. The third kappa shape index (κ3) is 4.40. The van der Waals surface area contributed by atoms with Gasteiger partial charge in [0.05, 0.1) is 16.8 Å². The van der Waals surface area contributed by atoms with Crippen LogP contribution in [0, 0.1) is 5.82 Å². The van der Waals surface area contributed by atoms with Gasteiger partial charge in [-0.25, -0.2) is 9.37 Å². The Morgan fingerprint density at radius 1 is 1.07 bits per heavy atom. The Bertz CT molecular complexity index is 926. The minimum Gasteiger partial charge on any atom is -0.337 e. The van der Waals surface area contributed by atoms with Crippen molar-refractivity contribution >= 4 is 33.5 Å². The fourth-order valence-corrected chi connectivity index (χ4v) is 4.16. The van der Waals surface area contributed by atoms with Gasteiger partial charge in [0, 0.05) is 32.3 Å². The van der Waals surface area contributed by atoms with Crippen molar-refractivity contribution in [3.05, 3.63) is 71.0 Å². The maximum Gasteiger partial charge on any atom is 0.246 e. The number of amides is 1. The highest BCUT2D eigenvalue weighted by Gasteiger charge is 2.20. The van der Waals surface area contributed by atoms with E-state index in [-0.39, 0.29) is 11.7 Å². The summed E-state index contributed by atoms with van der Waals surface area (Å²) in [4.78, 5) is 21.2. The zero-order valence-electron chi connectivity index (χ0n) is 14.8. The Labute approximate surface area is 161 Å². The van der Waals surface area contributed by atoms with Gasteiger partial charge in [0.2, 0.25) is 5.91 Å². The van der Waals surface area contributed by atoms with E-state index in [0.29, 0.717) is 13.1 Å². The number of para-hydroxylation sites is 1. The molecule has 0 spiro atoms. The van der Waals surface area contributed by atoms with Crippen molar-refractivity contribution < 1.29 is 9.18 Å². The molecule has 1 amide bonds. The average molecular weight is 381 g/mol. The smallest absolute Gasteiger partial charge is 0.246 e. The predicted octanol–water partition coefficient (Wildman–Crippen LogP) is 3.79. The lowest BCUT2D eigenvalue weighted by molar-refractivity contribution is -0.127. The van der Waals surface area contributed by atoms with Gasteiger partial charge < -0.3 is 4.90 Å². The number of carbonyl (C=O) groups excluding carboxylic acids is 1. The molecule has 6 heteroatoms. The van der Waals surface area contributed by atoms with Crippen LogP contribution in [0.1, 0.15) is 10.6 Å². The predicted molar refractivity (Wildman–Crippen MR) is 107 cm³/mol. The van der Waals surface area contributed by atoms with Gasteiger partial charge in [-0.05, 0) is 35.9 Å². The van der Waals surface area contributed by atoms with Crippen LogP contribution in [-0.4, -0.2) is 46.9 Å². The molecule has 138 valence electrons. The molecule has 2 aromatic carbocycles. The Morgan fingerprint density at radius 3 is 2.56 bits per heavy atom. The SMILES string of the molecule is O=C(C=Cc1ccc(F)cc1)N1CCN(Cc2nc3ccccc3s2)CC1. The molecule has 4 nitrogen and oxygen atoms in total. The first kappa shape index (κ1) is 17.8. The van der Waals surface area contributed by atoms with Crippen molar-refractivity contribution in [1.29, 1.82) is 0 Å². The molecule has 1 aromatic heterocycles. The topological polar surface area (TPSA) is 36.4 Å². The van der Waals surface area contributed by atoms with Crippen LogP contribution in [0.2, 0.25) is 0 Å². The number of halogens is 1. The van der Waals surface area contributed by atoms with Crippen molar-refractivity contribution in [1.82, 2.24) is 14.8 Å². The molecule has 2 heterocycles. The second kappa shape index (κ2) is 7.98. The third-order valence-electron chi connectivity index (χ3n) is 4.67. The number of benzene rings is 2. The Kier molecular flexibility index (Phi) is 5.27. The van der Waals surface area contributed by atoms with E-state index in [4.69, 9.17) is 0 Å². The molecule has 1 aliphatic rings. The second-order valence-electron chi connectivity index (χ2n) is 6.56. The number of carbonyl (C=O) groups is 1. The molecule has 0 saturated carbocycles. The number of aromatic nitrogens is 1. The summed E-state index contributed by atoms with van der Waals surface area (Å²) in [5, 5.41) is 1.12. The summed E-state index contributed by atoms with van der Waals surface area (Å²) in [5.74, 6) is -0.276. The number of rotatable bonds is 4. The molecule has 3 aromatic rings. The van der Waals surface area contributed by atoms with Crippen LogP contribution in [0.4, 0.5) is 4.39 Å². The van der Waals surface area contributed by atoms with Gasteiger partial charge in [-0.1, -0.05) is 24.3 Å². The number of nitrogens with zero attached hydrogens (tertiary/aromatic N) is 3. The standard InChI is InChI=1S/C21H20FN3OS/c22-17-8-5-16(6-9-17)7-10-21(26)25-13-11-24(12-14-25)15-20-23-18-3-1-2-4-19(18)27-20/h1-10H,11-15H2. The zero-order valence-corrected chi connectivity index (χ0v) is 15.7. The van der Waals surface area contributed by atoms with E-state index in [0.717, 1.165) is 35.7 Å². The molecule has 4 rings (SSSR count). The van der Waals surface area contributed by atoms with E-state index in [1.54, 1.807) is 35.6 Å². The molecule has 0 N–H and O–H groups in total. The van der Waals surface area contributed by atoms with Crippen LogP contribution >= 0.6 is 11.3 Å². The molecular formula is C21H20FN3OS. The molecule has 1 saturated heterocycles. The zero-order chi connectivity index (χ0) is 18.6. The first-order chi connectivity index (χ1) is 13.2. The lowest BCUT2D eigenvalue weighted by Crippen LogP contribution is -2.47. The lowest BCUT2D eigenvalue weighted by Gasteiger charge is -2.33. The van der Waals surface area contributed by atoms with E-state index in [9.17, 15) is 9.18 Å². The summed E-state index contributed by atoms with van der Waals surface area (Å²) in [5.41, 5.74) is 1.87. The molecule has 0 aliphatic carbocycles. The van der Waals surface area contributed by atoms with Gasteiger partial charge in [-0.2, -0.15) is 0 Å². The number of fused-ring (bicyclic) bond motifs is 1. The van der Waals surface area contributed by atoms with Crippen LogP contribution in [0.5, 0.6) is 0 Å². The quantitative estimate of drug-likeness (QED) is 0.645. The highest BCUT2D eigenvalue weighted by Crippen LogP contribution is 2.23. The Morgan fingerprint density at radius 2 is 1.81 bits per heavy atom. The molecule has 0 radical (unpaired) electrons. The van der Waals surface area contributed by atoms with Gasteiger partial charge in [-0.3, -0.25) is 9.69 Å². The molecule has 0 unspecified atom stereocenters. The Hall–Kier alpha value is -2.57. The van der Waals surface area contributed by atoms with Crippen molar-refractivity contribution in [3.63, 3.8) is 0 Å². The largest absolute Gasteiger partial charge is 0.337 e. The number of hydrogen-bond acceptors (Lipinski definition) is 4. The molecular weight excluding hydrogens is 361 g/mol. The highest BCUT2D eigenvalue weighted by molar-refractivity contribution is 7.18. The minimum absolute atomic E-state index is 0.000961. The fourth-order valence-electron chi connectivity index (χ4n) is 3.15. The maximum absolute atomic E-state index is 12.9. The van der Waals surface area contributed by atoms with E-state index < -0.39 is 0 Å². The van der Waals surface area contributed by atoms with Crippen LogP contribution in [0.25, 0.3) is 16.3 Å². The van der Waals surface area contributed by atoms with Crippen LogP contribution in [-0.2, 0) is 11.3 Å². The summed E-state index contributed by atoms with van der Waals surface area (Å²) in [6.45, 7) is 3.92. The lowest BCUT2D eigenvalue weighted by atomic mass is 10.2. The molecule has 1 aliphatic heterocycles. The normalized spacial score (nSPS) is 15.7. The van der Waals surface area contributed by atoms with Gasteiger partial charge >= 0.3 is 0 Å². The summed E-state index contributed by atoms with van der Waals surface area (Å²) in [6.07, 6.45) is 3.30. The van der Waals surface area contributed by atoms with Crippen LogP contribution in [0.3, 0.4) is 0 Å². The van der Waals surface area contributed by atoms with Crippen molar-refractivity contribution in [2.45, 2.75) is 6.54 Å². The van der Waals surface area contributed by atoms with Crippen LogP contribution in [0.15, 0.2) is 54.6 Å². The summed E-state index contributed by atoms with van der Waals surface area (Å²) in [7, 11) is 0. The summed E-state index contributed by atoms with van der Waals surface area (Å²) in [6, 6.07) is 14.3. The molecule has 0 bridgehead atoms. The summed E-state index contributed by atoms with van der Waals surface area (Å²) < 4.78 is 14.1. The number of hydrogen-bond donors (Lipinski definition) is 0. The monoisotopic (exact) mass is 381 g/mol. The number of thiazole rings is 1. The average Bonchev–Trinajstić information content (AvgIpc) is 3.10. The Balaban J connectivity index is 1.30. The highest BCUT2D eigenvalue weighted by atomic mass is 32.1. The van der Waals surface area contributed by atoms with Gasteiger partial charge in [-0.15, -0.1) is 11.3 Å². The first-order valence-electron chi connectivity index (χ1n) is 8.97. The fraction of sp³-hybridized carbons (Fsp3) is 0.238. The third-order valence-corrected chi connectivity index (χ3v) is 5.69. The van der Waals surface area contributed by atoms with Crippen molar-refractivity contribution in [2.75, 3.05) is 26.2 Å². The minimum atomic E-state index is -0.275. The van der Waals surface area contributed by atoms with E-state index in [2.05, 4.69) is 16.0 Å². The van der Waals surface area contributed by atoms with Gasteiger partial charge in [0.15, 0.2) is 0 Å². The second-order valence-corrected chi connectivity index (χ2v) is 7.68.